The number of carbonyl (C=O) groups excluding carboxylic acids is 1. The second-order valence-corrected chi connectivity index (χ2v) is 7.80. The minimum atomic E-state index is -4.19. The molecule has 0 atom stereocenters. The molecule has 0 aliphatic heterocycles. The van der Waals surface area contributed by atoms with Crippen molar-refractivity contribution < 1.29 is 22.1 Å². The van der Waals surface area contributed by atoms with E-state index in [4.69, 9.17) is 8.92 Å². The number of nitrogens with zero attached hydrogens (tertiary/aromatic N) is 3. The van der Waals surface area contributed by atoms with Crippen LogP contribution in [0.3, 0.4) is 0 Å². The number of benzene rings is 1. The fourth-order valence-electron chi connectivity index (χ4n) is 1.83. The van der Waals surface area contributed by atoms with Crippen molar-refractivity contribution in [1.29, 1.82) is 0 Å². The zero-order valence-electron chi connectivity index (χ0n) is 14.2. The van der Waals surface area contributed by atoms with Crippen molar-refractivity contribution >= 4 is 32.2 Å². The van der Waals surface area contributed by atoms with E-state index in [9.17, 15) is 18.0 Å². The Morgan fingerprint density at radius 3 is 2.58 bits per heavy atom. The largest absolute Gasteiger partial charge is 0.461 e. The van der Waals surface area contributed by atoms with Crippen LogP contribution in [0, 0.1) is 0 Å². The predicted molar refractivity (Wildman–Crippen MR) is 96.7 cm³/mol. The highest BCUT2D eigenvalue weighted by atomic mass is 79.9. The summed E-state index contributed by atoms with van der Waals surface area (Å²) in [5, 5.41) is 3.95. The van der Waals surface area contributed by atoms with Crippen LogP contribution in [-0.2, 0) is 15.0 Å². The molecule has 11 heteroatoms. The molecular weight excluding hydrogens is 430 g/mol. The van der Waals surface area contributed by atoms with Crippen LogP contribution >= 0.6 is 15.9 Å². The van der Waals surface area contributed by atoms with Crippen molar-refractivity contribution in [3.05, 3.63) is 50.9 Å². The maximum absolute atomic E-state index is 12.4. The third-order valence-corrected chi connectivity index (χ3v) is 4.84. The molecular formula is C15H16BrN3O6S. The highest BCUT2D eigenvalue weighted by Gasteiger charge is 2.25. The molecule has 0 unspecified atom stereocenters. The first-order valence-electron chi connectivity index (χ1n) is 7.35. The van der Waals surface area contributed by atoms with Gasteiger partial charge in [0, 0.05) is 18.6 Å². The molecule has 0 aliphatic carbocycles. The molecule has 0 saturated heterocycles. The smallest absolute Gasteiger partial charge is 0.384 e. The van der Waals surface area contributed by atoms with Gasteiger partial charge in [-0.25, -0.2) is 4.79 Å². The second-order valence-electron chi connectivity index (χ2n) is 5.13. The summed E-state index contributed by atoms with van der Waals surface area (Å²) in [7, 11) is -1.70. The van der Waals surface area contributed by atoms with Crippen LogP contribution in [0.5, 0.6) is 5.75 Å². The number of aromatic nitrogens is 2. The van der Waals surface area contributed by atoms with Crippen LogP contribution in [-0.4, -0.2) is 49.2 Å². The zero-order chi connectivity index (χ0) is 19.5. The Hall–Kier alpha value is -2.24. The van der Waals surface area contributed by atoms with Gasteiger partial charge in [-0.3, -0.25) is 4.79 Å². The van der Waals surface area contributed by atoms with E-state index in [0.717, 1.165) is 15.1 Å². The van der Waals surface area contributed by atoms with E-state index < -0.39 is 33.3 Å². The molecule has 0 spiro atoms. The average Bonchev–Trinajstić information content (AvgIpc) is 2.54. The molecule has 0 amide bonds. The lowest BCUT2D eigenvalue weighted by atomic mass is 10.3. The third kappa shape index (κ3) is 4.48. The van der Waals surface area contributed by atoms with E-state index in [1.807, 2.05) is 0 Å². The minimum absolute atomic E-state index is 0.0381. The highest BCUT2D eigenvalue weighted by molar-refractivity contribution is 9.10. The molecule has 26 heavy (non-hydrogen) atoms. The SMILES string of the molecule is CCOC(=O)c1nn(-c2cccc(Br)c2)c(=O)cc1OS(=O)(=O)N(C)C. The van der Waals surface area contributed by atoms with Crippen LogP contribution in [0.4, 0.5) is 0 Å². The van der Waals surface area contributed by atoms with E-state index in [-0.39, 0.29) is 6.61 Å². The summed E-state index contributed by atoms with van der Waals surface area (Å²) < 4.78 is 36.1. The van der Waals surface area contributed by atoms with E-state index in [0.29, 0.717) is 10.2 Å². The van der Waals surface area contributed by atoms with Gasteiger partial charge in [-0.1, -0.05) is 22.0 Å². The molecule has 0 aliphatic rings. The topological polar surface area (TPSA) is 108 Å². The lowest BCUT2D eigenvalue weighted by Gasteiger charge is -2.15. The summed E-state index contributed by atoms with van der Waals surface area (Å²) in [6, 6.07) is 7.52. The highest BCUT2D eigenvalue weighted by Crippen LogP contribution is 2.20. The molecule has 1 aromatic carbocycles. The zero-order valence-corrected chi connectivity index (χ0v) is 16.6. The molecule has 2 aromatic rings. The lowest BCUT2D eigenvalue weighted by molar-refractivity contribution is 0.0515. The quantitative estimate of drug-likeness (QED) is 0.617. The molecule has 1 aromatic heterocycles. The van der Waals surface area contributed by atoms with Gasteiger partial charge in [0.2, 0.25) is 5.69 Å². The number of hydrogen-bond acceptors (Lipinski definition) is 7. The number of ether oxygens (including phenoxy) is 1. The standard InChI is InChI=1S/C15H16BrN3O6S/c1-4-24-15(21)14-12(25-26(22,23)18(2)3)9-13(20)19(17-14)11-7-5-6-10(16)8-11/h5-9H,4H2,1-3H3. The molecule has 0 radical (unpaired) electrons. The van der Waals surface area contributed by atoms with Crippen molar-refractivity contribution in [1.82, 2.24) is 14.1 Å². The molecule has 1 heterocycles. The van der Waals surface area contributed by atoms with E-state index in [1.54, 1.807) is 31.2 Å². The van der Waals surface area contributed by atoms with E-state index >= 15 is 0 Å². The van der Waals surface area contributed by atoms with Gasteiger partial charge in [-0.05, 0) is 25.1 Å². The van der Waals surface area contributed by atoms with Crippen molar-refractivity contribution in [2.45, 2.75) is 6.92 Å². The van der Waals surface area contributed by atoms with Crippen LogP contribution in [0.2, 0.25) is 0 Å². The average molecular weight is 446 g/mol. The summed E-state index contributed by atoms with van der Waals surface area (Å²) in [6.07, 6.45) is 0. The third-order valence-electron chi connectivity index (χ3n) is 3.06. The molecule has 0 saturated carbocycles. The molecule has 0 N–H and O–H groups in total. The van der Waals surface area contributed by atoms with Crippen molar-refractivity contribution in [3.63, 3.8) is 0 Å². The molecule has 0 fully saturated rings. The number of rotatable bonds is 6. The van der Waals surface area contributed by atoms with Crippen LogP contribution < -0.4 is 9.74 Å². The van der Waals surface area contributed by atoms with E-state index in [1.165, 1.54) is 14.1 Å². The van der Waals surface area contributed by atoms with Crippen LogP contribution in [0.1, 0.15) is 17.4 Å². The first-order valence-corrected chi connectivity index (χ1v) is 9.51. The Balaban J connectivity index is 2.64. The van der Waals surface area contributed by atoms with Crippen molar-refractivity contribution in [3.8, 4) is 11.4 Å². The Kier molecular flexibility index (Phi) is 6.16. The molecule has 140 valence electrons. The maximum Gasteiger partial charge on any atom is 0.384 e. The molecule has 2 rings (SSSR count). The fourth-order valence-corrected chi connectivity index (χ4v) is 2.72. The van der Waals surface area contributed by atoms with Crippen molar-refractivity contribution in [2.24, 2.45) is 0 Å². The van der Waals surface area contributed by atoms with Gasteiger partial charge in [0.1, 0.15) is 0 Å². The molecule has 9 nitrogen and oxygen atoms in total. The van der Waals surface area contributed by atoms with Gasteiger partial charge >= 0.3 is 16.3 Å². The summed E-state index contributed by atoms with van der Waals surface area (Å²) in [6.45, 7) is 1.62. The number of hydrogen-bond donors (Lipinski definition) is 0. The van der Waals surface area contributed by atoms with Gasteiger partial charge in [-0.15, -0.1) is 0 Å². The number of halogens is 1. The number of esters is 1. The number of carbonyl (C=O) groups is 1. The minimum Gasteiger partial charge on any atom is -0.461 e. The van der Waals surface area contributed by atoms with Gasteiger partial charge in [0.15, 0.2) is 5.75 Å². The van der Waals surface area contributed by atoms with Gasteiger partial charge < -0.3 is 8.92 Å². The summed E-state index contributed by atoms with van der Waals surface area (Å²) in [5.41, 5.74) is -0.742. The predicted octanol–water partition coefficient (Wildman–Crippen LogP) is 1.36. The Morgan fingerprint density at radius 1 is 1.31 bits per heavy atom. The fraction of sp³-hybridized carbons (Fsp3) is 0.267. The van der Waals surface area contributed by atoms with Gasteiger partial charge in [-0.2, -0.15) is 22.5 Å². The second kappa shape index (κ2) is 7.98. The van der Waals surface area contributed by atoms with Crippen LogP contribution in [0.15, 0.2) is 39.6 Å². The summed E-state index contributed by atoms with van der Waals surface area (Å²) in [5.74, 6) is -1.42. The first kappa shape index (κ1) is 20.1. The maximum atomic E-state index is 12.4. The molecule has 0 bridgehead atoms. The van der Waals surface area contributed by atoms with Crippen molar-refractivity contribution in [2.75, 3.05) is 20.7 Å². The first-order chi connectivity index (χ1) is 12.2. The van der Waals surface area contributed by atoms with E-state index in [2.05, 4.69) is 21.0 Å². The Bertz CT molecular complexity index is 987. The Morgan fingerprint density at radius 2 is 2.00 bits per heavy atom. The van der Waals surface area contributed by atoms with Gasteiger partial charge in [0.25, 0.3) is 5.56 Å². The lowest BCUT2D eigenvalue weighted by Crippen LogP contribution is -2.30. The monoisotopic (exact) mass is 445 g/mol. The summed E-state index contributed by atoms with van der Waals surface area (Å²) >= 11 is 3.28. The summed E-state index contributed by atoms with van der Waals surface area (Å²) in [4.78, 5) is 24.6. The van der Waals surface area contributed by atoms with Crippen LogP contribution in [0.25, 0.3) is 5.69 Å². The normalized spacial score (nSPS) is 11.4. The van der Waals surface area contributed by atoms with Gasteiger partial charge in [0.05, 0.1) is 18.4 Å². The Labute approximate surface area is 158 Å².